The van der Waals surface area contributed by atoms with Gasteiger partial charge in [0.25, 0.3) is 0 Å². The molecule has 44 heavy (non-hydrogen) atoms. The molecule has 2 nitrogen and oxygen atoms in total. The molecule has 0 atom stereocenters. The first-order chi connectivity index (χ1) is 21.2. The molecule has 6 aromatic carbocycles. The first-order valence-corrected chi connectivity index (χ1v) is 15.6. The van der Waals surface area contributed by atoms with E-state index in [1.807, 2.05) is 72.8 Å². The molecule has 220 valence electrons. The molecule has 0 heterocycles. The van der Waals surface area contributed by atoms with Gasteiger partial charge in [0.05, 0.1) is 0 Å². The van der Waals surface area contributed by atoms with Gasteiger partial charge in [-0.2, -0.15) is 0 Å². The van der Waals surface area contributed by atoms with Gasteiger partial charge in [0.2, 0.25) is 0 Å². The Bertz CT molecular complexity index is 1630. The van der Waals surface area contributed by atoms with Gasteiger partial charge in [-0.05, 0) is 89.1 Å². The maximum absolute atomic E-state index is 8.96. The Morgan fingerprint density at radius 1 is 0.409 bits per heavy atom. The number of hydrogen-bond acceptors (Lipinski definition) is 2. The molecule has 6 rings (SSSR count). The Morgan fingerprint density at radius 3 is 0.955 bits per heavy atom. The van der Waals surface area contributed by atoms with E-state index < -0.39 is 7.12 Å². The molecule has 0 aliphatic rings. The smallest absolute Gasteiger partial charge is 0.423 e. The third kappa shape index (κ3) is 10.2. The number of rotatable bonds is 4. The minimum absolute atomic E-state index is 0.484. The summed E-state index contributed by atoms with van der Waals surface area (Å²) < 4.78 is 1.14. The summed E-state index contributed by atoms with van der Waals surface area (Å²) in [6.07, 6.45) is 0. The predicted molar refractivity (Wildman–Crippen MR) is 193 cm³/mol. The normalized spacial score (nSPS) is 10.2. The van der Waals surface area contributed by atoms with Crippen LogP contribution in [-0.2, 0) is 0 Å². The SMILES string of the molecule is Cc1ccc(-c2ccc(-c3ccc(Cl)cc3)cc2)cc1.Cc1ccc(Br)cc1.OB(O)c1ccc(-c2ccc(Cl)cc2)cc1. The summed E-state index contributed by atoms with van der Waals surface area (Å²) in [7, 11) is -1.42. The van der Waals surface area contributed by atoms with Crippen LogP contribution in [0, 0.1) is 13.8 Å². The molecule has 0 saturated carbocycles. The number of benzene rings is 6. The Hall–Kier alpha value is -3.64. The van der Waals surface area contributed by atoms with Crippen molar-refractivity contribution in [2.45, 2.75) is 13.8 Å². The molecule has 0 radical (unpaired) electrons. The molecule has 0 aliphatic carbocycles. The van der Waals surface area contributed by atoms with Crippen LogP contribution in [0.5, 0.6) is 0 Å². The lowest BCUT2D eigenvalue weighted by Crippen LogP contribution is -2.29. The fourth-order valence-electron chi connectivity index (χ4n) is 4.27. The summed E-state index contributed by atoms with van der Waals surface area (Å²) in [5.41, 5.74) is 10.0. The molecule has 0 spiro atoms. The highest BCUT2D eigenvalue weighted by atomic mass is 79.9. The highest BCUT2D eigenvalue weighted by molar-refractivity contribution is 9.10. The zero-order chi connectivity index (χ0) is 31.5. The maximum Gasteiger partial charge on any atom is 0.488 e. The fraction of sp³-hybridized carbons (Fsp3) is 0.0526. The fourth-order valence-corrected chi connectivity index (χ4v) is 4.78. The van der Waals surface area contributed by atoms with E-state index in [4.69, 9.17) is 33.2 Å². The van der Waals surface area contributed by atoms with Crippen molar-refractivity contribution < 1.29 is 10.0 Å². The quantitative estimate of drug-likeness (QED) is 0.182. The third-order valence-electron chi connectivity index (χ3n) is 6.84. The van der Waals surface area contributed by atoms with Gasteiger partial charge in [0, 0.05) is 14.5 Å². The second kappa shape index (κ2) is 16.4. The van der Waals surface area contributed by atoms with E-state index in [1.165, 1.54) is 33.4 Å². The van der Waals surface area contributed by atoms with Crippen LogP contribution < -0.4 is 5.46 Å². The highest BCUT2D eigenvalue weighted by Gasteiger charge is 2.10. The summed E-state index contributed by atoms with van der Waals surface area (Å²) in [4.78, 5) is 0. The molecule has 0 fully saturated rings. The van der Waals surface area contributed by atoms with Gasteiger partial charge >= 0.3 is 7.12 Å². The largest absolute Gasteiger partial charge is 0.488 e. The van der Waals surface area contributed by atoms with E-state index in [-0.39, 0.29) is 0 Å². The molecule has 2 N–H and O–H groups in total. The van der Waals surface area contributed by atoms with Gasteiger partial charge in [-0.15, -0.1) is 0 Å². The monoisotopic (exact) mass is 680 g/mol. The molecule has 0 bridgehead atoms. The lowest BCUT2D eigenvalue weighted by atomic mass is 9.80. The number of halogens is 3. The highest BCUT2D eigenvalue weighted by Crippen LogP contribution is 2.26. The van der Waals surface area contributed by atoms with Crippen LogP contribution in [0.2, 0.25) is 10.0 Å². The van der Waals surface area contributed by atoms with Crippen molar-refractivity contribution >= 4 is 51.7 Å². The summed E-state index contributed by atoms with van der Waals surface area (Å²) >= 11 is 15.1. The summed E-state index contributed by atoms with van der Waals surface area (Å²) in [5.74, 6) is 0. The topological polar surface area (TPSA) is 40.5 Å². The van der Waals surface area contributed by atoms with Crippen LogP contribution >= 0.6 is 39.1 Å². The molecule has 6 aromatic rings. The molecule has 0 unspecified atom stereocenters. The van der Waals surface area contributed by atoms with Crippen molar-refractivity contribution in [3.05, 3.63) is 171 Å². The standard InChI is InChI=1S/C19H15Cl.C12H10BClO2.C7H7Br/c1-14-2-4-15(5-3-14)16-6-8-17(9-7-16)18-10-12-19(20)13-11-18;14-12-7-3-10(4-8-12)9-1-5-11(6-2-9)13(15)16;1-6-2-4-7(8)5-3-6/h2-13H,1H3;1-8,15-16H;2-5H,1H3. The van der Waals surface area contributed by atoms with Crippen LogP contribution in [0.15, 0.2) is 150 Å². The van der Waals surface area contributed by atoms with Crippen molar-refractivity contribution in [1.82, 2.24) is 0 Å². The Morgan fingerprint density at radius 2 is 0.659 bits per heavy atom. The van der Waals surface area contributed by atoms with E-state index in [1.54, 1.807) is 12.1 Å². The molecular weight excluding hydrogens is 650 g/mol. The van der Waals surface area contributed by atoms with Crippen molar-refractivity contribution in [1.29, 1.82) is 0 Å². The van der Waals surface area contributed by atoms with Gasteiger partial charge in [-0.25, -0.2) is 0 Å². The van der Waals surface area contributed by atoms with Crippen LogP contribution in [-0.4, -0.2) is 17.2 Å². The molecule has 6 heteroatoms. The van der Waals surface area contributed by atoms with E-state index in [2.05, 4.69) is 90.4 Å². The zero-order valence-electron chi connectivity index (χ0n) is 24.5. The zero-order valence-corrected chi connectivity index (χ0v) is 27.6. The van der Waals surface area contributed by atoms with Gasteiger partial charge in [0.1, 0.15) is 0 Å². The first kappa shape index (κ1) is 33.3. The van der Waals surface area contributed by atoms with Crippen LogP contribution in [0.25, 0.3) is 33.4 Å². The van der Waals surface area contributed by atoms with E-state index in [0.29, 0.717) is 10.5 Å². The molecule has 0 aliphatic heterocycles. The van der Waals surface area contributed by atoms with Gasteiger partial charge in [-0.3, -0.25) is 0 Å². The first-order valence-electron chi connectivity index (χ1n) is 14.1. The third-order valence-corrected chi connectivity index (χ3v) is 7.88. The Labute approximate surface area is 278 Å². The molecule has 0 saturated heterocycles. The molecular formula is C38H32BBrCl2O2. The van der Waals surface area contributed by atoms with E-state index in [9.17, 15) is 0 Å². The minimum atomic E-state index is -1.42. The van der Waals surface area contributed by atoms with Gasteiger partial charge in [0.15, 0.2) is 0 Å². The van der Waals surface area contributed by atoms with Crippen molar-refractivity contribution in [2.75, 3.05) is 0 Å². The second-order valence-electron chi connectivity index (χ2n) is 10.2. The van der Waals surface area contributed by atoms with E-state index in [0.717, 1.165) is 20.6 Å². The Balaban J connectivity index is 0.000000164. The Kier molecular flexibility index (Phi) is 12.4. The van der Waals surface area contributed by atoms with Crippen molar-refractivity contribution in [3.8, 4) is 33.4 Å². The van der Waals surface area contributed by atoms with Gasteiger partial charge < -0.3 is 10.0 Å². The molecule has 0 aromatic heterocycles. The average molecular weight is 682 g/mol. The minimum Gasteiger partial charge on any atom is -0.423 e. The second-order valence-corrected chi connectivity index (χ2v) is 12.0. The van der Waals surface area contributed by atoms with Crippen LogP contribution in [0.1, 0.15) is 11.1 Å². The lowest BCUT2D eigenvalue weighted by molar-refractivity contribution is 0.426. The summed E-state index contributed by atoms with van der Waals surface area (Å²) in [6, 6.07) is 47.9. The average Bonchev–Trinajstić information content (AvgIpc) is 3.04. The number of aryl methyl sites for hydroxylation is 2. The van der Waals surface area contributed by atoms with Crippen molar-refractivity contribution in [2.24, 2.45) is 0 Å². The number of hydrogen-bond donors (Lipinski definition) is 2. The lowest BCUT2D eigenvalue weighted by Gasteiger charge is -2.05. The summed E-state index contributed by atoms with van der Waals surface area (Å²) in [6.45, 7) is 4.18. The van der Waals surface area contributed by atoms with Crippen molar-refractivity contribution in [3.63, 3.8) is 0 Å². The predicted octanol–water partition coefficient (Wildman–Crippen LogP) is 10.4. The van der Waals surface area contributed by atoms with E-state index >= 15 is 0 Å². The maximum atomic E-state index is 8.96. The molecule has 0 amide bonds. The van der Waals surface area contributed by atoms with Crippen LogP contribution in [0.3, 0.4) is 0 Å². The van der Waals surface area contributed by atoms with Gasteiger partial charge in [-0.1, -0.05) is 159 Å². The van der Waals surface area contributed by atoms with Crippen LogP contribution in [0.4, 0.5) is 0 Å². The summed E-state index contributed by atoms with van der Waals surface area (Å²) in [5, 5.41) is 19.4.